The van der Waals surface area contributed by atoms with Crippen LogP contribution < -0.4 is 10.2 Å². The Kier molecular flexibility index (Phi) is 2.74. The molecule has 2 heterocycles. The highest BCUT2D eigenvalue weighted by molar-refractivity contribution is 9.10. The van der Waals surface area contributed by atoms with Gasteiger partial charge in [-0.15, -0.1) is 0 Å². The molecule has 1 aromatic heterocycles. The van der Waals surface area contributed by atoms with E-state index in [9.17, 15) is 9.59 Å². The second kappa shape index (κ2) is 4.19. The molecule has 2 aliphatic rings. The van der Waals surface area contributed by atoms with Gasteiger partial charge in [0.1, 0.15) is 5.82 Å². The van der Waals surface area contributed by atoms with Crippen LogP contribution in [0.3, 0.4) is 0 Å². The Labute approximate surface area is 117 Å². The van der Waals surface area contributed by atoms with Gasteiger partial charge in [-0.2, -0.15) is 0 Å². The van der Waals surface area contributed by atoms with E-state index in [0.717, 1.165) is 22.9 Å². The molecule has 1 aromatic rings. The first-order valence-electron chi connectivity index (χ1n) is 5.99. The normalized spacial score (nSPS) is 18.6. The van der Waals surface area contributed by atoms with Gasteiger partial charge in [-0.25, -0.2) is 9.78 Å². The summed E-state index contributed by atoms with van der Waals surface area (Å²) >= 11 is 3.37. The number of carbonyl (C=O) groups is 2. The van der Waals surface area contributed by atoms with E-state index in [-0.39, 0.29) is 12.5 Å². The van der Waals surface area contributed by atoms with Crippen molar-refractivity contribution in [3.8, 4) is 0 Å². The molecule has 3 rings (SSSR count). The molecule has 6 nitrogen and oxygen atoms in total. The Hall–Kier alpha value is -1.63. The lowest BCUT2D eigenvalue weighted by molar-refractivity contribution is -0.120. The lowest BCUT2D eigenvalue weighted by Crippen LogP contribution is -2.38. The number of hydrogen-bond donors (Lipinski definition) is 2. The molecule has 2 amide bonds. The number of hydrogen-bond acceptors (Lipinski definition) is 3. The predicted molar refractivity (Wildman–Crippen MR) is 71.2 cm³/mol. The number of halogens is 1. The molecular weight excluding hydrogens is 314 g/mol. The molecular formula is C12H12BrN3O3. The van der Waals surface area contributed by atoms with E-state index in [4.69, 9.17) is 5.11 Å². The van der Waals surface area contributed by atoms with Gasteiger partial charge in [0.25, 0.3) is 0 Å². The van der Waals surface area contributed by atoms with Crippen LogP contribution in [0.4, 0.5) is 10.6 Å². The molecule has 1 aliphatic heterocycles. The molecule has 0 unspecified atom stereocenters. The Balaban J connectivity index is 1.87. The average molecular weight is 326 g/mol. The van der Waals surface area contributed by atoms with Crippen LogP contribution in [0, 0.1) is 0 Å². The van der Waals surface area contributed by atoms with E-state index in [1.165, 1.54) is 0 Å². The largest absolute Gasteiger partial charge is 0.465 e. The first kappa shape index (κ1) is 12.4. The highest BCUT2D eigenvalue weighted by Gasteiger charge is 2.59. The molecule has 0 saturated heterocycles. The Bertz CT molecular complexity index is 571. The maximum atomic E-state index is 12.4. The third-order valence-electron chi connectivity index (χ3n) is 3.62. The molecule has 7 heteroatoms. The number of nitrogens with zero attached hydrogens (tertiary/aromatic N) is 2. The third-order valence-corrected chi connectivity index (χ3v) is 4.05. The van der Waals surface area contributed by atoms with Crippen molar-refractivity contribution >= 4 is 33.7 Å². The SMILES string of the molecule is O=C(O)NCCN1C(=O)C2(CC2)c2cc(Br)cnc21. The smallest absolute Gasteiger partial charge is 0.404 e. The Morgan fingerprint density at radius 1 is 1.58 bits per heavy atom. The number of rotatable bonds is 3. The van der Waals surface area contributed by atoms with Crippen LogP contribution in [0.25, 0.3) is 0 Å². The predicted octanol–water partition coefficient (Wildman–Crippen LogP) is 1.49. The number of aromatic nitrogens is 1. The van der Waals surface area contributed by atoms with Crippen LogP contribution in [-0.4, -0.2) is 35.2 Å². The van der Waals surface area contributed by atoms with Crippen LogP contribution in [0.15, 0.2) is 16.7 Å². The molecule has 1 spiro atoms. The van der Waals surface area contributed by atoms with E-state index >= 15 is 0 Å². The van der Waals surface area contributed by atoms with Crippen molar-refractivity contribution in [1.82, 2.24) is 10.3 Å². The molecule has 0 aromatic carbocycles. The van der Waals surface area contributed by atoms with Crippen molar-refractivity contribution in [2.45, 2.75) is 18.3 Å². The average Bonchev–Trinajstić information content (AvgIpc) is 3.12. The van der Waals surface area contributed by atoms with Gasteiger partial charge in [-0.05, 0) is 34.8 Å². The molecule has 1 saturated carbocycles. The lowest BCUT2D eigenvalue weighted by atomic mass is 10.00. The minimum atomic E-state index is -1.09. The highest BCUT2D eigenvalue weighted by atomic mass is 79.9. The van der Waals surface area contributed by atoms with Gasteiger partial charge in [0.2, 0.25) is 5.91 Å². The Morgan fingerprint density at radius 3 is 2.95 bits per heavy atom. The zero-order valence-electron chi connectivity index (χ0n) is 10.0. The second-order valence-corrected chi connectivity index (χ2v) is 5.71. The second-order valence-electron chi connectivity index (χ2n) is 4.80. The maximum Gasteiger partial charge on any atom is 0.404 e. The Morgan fingerprint density at radius 2 is 2.32 bits per heavy atom. The molecule has 2 N–H and O–H groups in total. The summed E-state index contributed by atoms with van der Waals surface area (Å²) in [6, 6.07) is 1.94. The standard InChI is InChI=1S/C12H12BrN3O3/c13-7-5-8-9(15-6-7)16(4-3-14-11(18)19)10(17)12(8)1-2-12/h5-6,14H,1-4H2,(H,18,19). The highest BCUT2D eigenvalue weighted by Crippen LogP contribution is 2.56. The van der Waals surface area contributed by atoms with Crippen molar-refractivity contribution in [3.63, 3.8) is 0 Å². The fourth-order valence-electron chi connectivity index (χ4n) is 2.56. The van der Waals surface area contributed by atoms with Crippen molar-refractivity contribution < 1.29 is 14.7 Å². The quantitative estimate of drug-likeness (QED) is 0.882. The number of carboxylic acid groups (broad SMARTS) is 1. The lowest BCUT2D eigenvalue weighted by Gasteiger charge is -2.16. The molecule has 100 valence electrons. The fourth-order valence-corrected chi connectivity index (χ4v) is 2.89. The molecule has 19 heavy (non-hydrogen) atoms. The number of nitrogens with one attached hydrogen (secondary N) is 1. The van der Waals surface area contributed by atoms with Gasteiger partial charge in [-0.3, -0.25) is 9.69 Å². The molecule has 0 atom stereocenters. The third kappa shape index (κ3) is 1.88. The van der Waals surface area contributed by atoms with Crippen LogP contribution in [-0.2, 0) is 10.2 Å². The van der Waals surface area contributed by atoms with Crippen LogP contribution in [0.5, 0.6) is 0 Å². The van der Waals surface area contributed by atoms with E-state index in [2.05, 4.69) is 26.2 Å². The summed E-state index contributed by atoms with van der Waals surface area (Å²) in [5.41, 5.74) is 0.567. The van der Waals surface area contributed by atoms with Gasteiger partial charge in [0.05, 0.1) is 5.41 Å². The summed E-state index contributed by atoms with van der Waals surface area (Å²) in [4.78, 5) is 28.8. The molecule has 0 radical (unpaired) electrons. The van der Waals surface area contributed by atoms with Gasteiger partial charge in [-0.1, -0.05) is 0 Å². The van der Waals surface area contributed by atoms with Crippen LogP contribution >= 0.6 is 15.9 Å². The van der Waals surface area contributed by atoms with Crippen molar-refractivity contribution in [2.24, 2.45) is 0 Å². The van der Waals surface area contributed by atoms with Gasteiger partial charge >= 0.3 is 6.09 Å². The summed E-state index contributed by atoms with van der Waals surface area (Å²) in [5.74, 6) is 0.707. The van der Waals surface area contributed by atoms with Crippen molar-refractivity contribution in [2.75, 3.05) is 18.0 Å². The monoisotopic (exact) mass is 325 g/mol. The maximum absolute atomic E-state index is 12.4. The zero-order chi connectivity index (χ0) is 13.6. The topological polar surface area (TPSA) is 82.5 Å². The first-order chi connectivity index (χ1) is 9.04. The van der Waals surface area contributed by atoms with E-state index < -0.39 is 11.5 Å². The zero-order valence-corrected chi connectivity index (χ0v) is 11.6. The number of anilines is 1. The van der Waals surface area contributed by atoms with E-state index in [1.807, 2.05) is 6.07 Å². The molecule has 1 fully saturated rings. The fraction of sp³-hybridized carbons (Fsp3) is 0.417. The van der Waals surface area contributed by atoms with Crippen LogP contribution in [0.2, 0.25) is 0 Å². The van der Waals surface area contributed by atoms with Crippen LogP contribution in [0.1, 0.15) is 18.4 Å². The summed E-state index contributed by atoms with van der Waals surface area (Å²) in [7, 11) is 0. The summed E-state index contributed by atoms with van der Waals surface area (Å²) in [6.45, 7) is 0.517. The minimum Gasteiger partial charge on any atom is -0.465 e. The van der Waals surface area contributed by atoms with Crippen molar-refractivity contribution in [1.29, 1.82) is 0 Å². The van der Waals surface area contributed by atoms with Gasteiger partial charge < -0.3 is 10.4 Å². The molecule has 0 bridgehead atoms. The number of fused-ring (bicyclic) bond motifs is 2. The molecule has 1 aliphatic carbocycles. The van der Waals surface area contributed by atoms with Gasteiger partial charge in [0.15, 0.2) is 0 Å². The minimum absolute atomic E-state index is 0.0419. The van der Waals surface area contributed by atoms with Gasteiger partial charge in [0, 0.05) is 29.3 Å². The van der Waals surface area contributed by atoms with E-state index in [0.29, 0.717) is 12.4 Å². The summed E-state index contributed by atoms with van der Waals surface area (Å²) in [5, 5.41) is 10.8. The number of carbonyl (C=O) groups excluding carboxylic acids is 1. The first-order valence-corrected chi connectivity index (χ1v) is 6.79. The summed E-state index contributed by atoms with van der Waals surface area (Å²) < 4.78 is 0.857. The number of amides is 2. The van der Waals surface area contributed by atoms with E-state index in [1.54, 1.807) is 11.1 Å². The summed E-state index contributed by atoms with van der Waals surface area (Å²) in [6.07, 6.45) is 2.27. The number of pyridine rings is 1. The van der Waals surface area contributed by atoms with Crippen molar-refractivity contribution in [3.05, 3.63) is 22.3 Å².